The molecule has 0 saturated carbocycles. The van der Waals surface area contributed by atoms with E-state index in [0.717, 1.165) is 5.56 Å². The van der Waals surface area contributed by atoms with Crippen LogP contribution >= 0.6 is 0 Å². The number of benzene rings is 1. The summed E-state index contributed by atoms with van der Waals surface area (Å²) in [6.45, 7) is 0.535. The Balaban J connectivity index is 2.06. The normalized spacial score (nSPS) is 10.0. The average molecular weight is 257 g/mol. The molecule has 0 atom stereocenters. The smallest absolute Gasteiger partial charge is 0.274 e. The Bertz CT molecular complexity index is 540. The van der Waals surface area contributed by atoms with Crippen LogP contribution in [0.1, 0.15) is 16.1 Å². The number of rotatable bonds is 4. The molecule has 0 aliphatic heterocycles. The van der Waals surface area contributed by atoms with Gasteiger partial charge < -0.3 is 9.64 Å². The molecule has 1 aromatic carbocycles. The number of nitrogens with zero attached hydrogens (tertiary/aromatic N) is 3. The molecule has 98 valence electrons. The molecule has 1 heterocycles. The molecular weight excluding hydrogens is 242 g/mol. The van der Waals surface area contributed by atoms with Gasteiger partial charge in [-0.1, -0.05) is 30.3 Å². The minimum absolute atomic E-state index is 0.168. The van der Waals surface area contributed by atoms with E-state index in [1.54, 1.807) is 24.1 Å². The number of hydrogen-bond donors (Lipinski definition) is 0. The highest BCUT2D eigenvalue weighted by Gasteiger charge is 2.14. The first-order valence-electron chi connectivity index (χ1n) is 5.88. The molecule has 1 amide bonds. The molecule has 19 heavy (non-hydrogen) atoms. The highest BCUT2D eigenvalue weighted by atomic mass is 16.5. The summed E-state index contributed by atoms with van der Waals surface area (Å²) in [6.07, 6.45) is 0. The predicted octanol–water partition coefficient (Wildman–Crippen LogP) is 1.76. The average Bonchev–Trinajstić information content (AvgIpc) is 2.47. The maximum atomic E-state index is 12.1. The van der Waals surface area contributed by atoms with Crippen LogP contribution in [0.5, 0.6) is 5.88 Å². The van der Waals surface area contributed by atoms with Gasteiger partial charge in [0.15, 0.2) is 5.69 Å². The SMILES string of the molecule is COc1ccc(C(=O)N(C)Cc2ccccc2)nn1. The lowest BCUT2D eigenvalue weighted by Gasteiger charge is -2.16. The van der Waals surface area contributed by atoms with Crippen LogP contribution in [0.25, 0.3) is 0 Å². The van der Waals surface area contributed by atoms with E-state index in [2.05, 4.69) is 10.2 Å². The molecule has 0 fully saturated rings. The van der Waals surface area contributed by atoms with E-state index in [9.17, 15) is 4.79 Å². The van der Waals surface area contributed by atoms with Gasteiger partial charge in [0.25, 0.3) is 5.91 Å². The third-order valence-corrected chi connectivity index (χ3v) is 2.68. The summed E-state index contributed by atoms with van der Waals surface area (Å²) in [7, 11) is 3.24. The van der Waals surface area contributed by atoms with E-state index < -0.39 is 0 Å². The van der Waals surface area contributed by atoms with Gasteiger partial charge in [-0.2, -0.15) is 0 Å². The van der Waals surface area contributed by atoms with Crippen molar-refractivity contribution in [1.82, 2.24) is 15.1 Å². The van der Waals surface area contributed by atoms with Gasteiger partial charge in [0.2, 0.25) is 5.88 Å². The van der Waals surface area contributed by atoms with E-state index in [-0.39, 0.29) is 5.91 Å². The number of methoxy groups -OCH3 is 1. The van der Waals surface area contributed by atoms with Crippen molar-refractivity contribution in [3.63, 3.8) is 0 Å². The van der Waals surface area contributed by atoms with Crippen LogP contribution in [-0.2, 0) is 6.54 Å². The van der Waals surface area contributed by atoms with Gasteiger partial charge in [-0.15, -0.1) is 10.2 Å². The number of hydrogen-bond acceptors (Lipinski definition) is 4. The van der Waals surface area contributed by atoms with E-state index in [4.69, 9.17) is 4.74 Å². The zero-order chi connectivity index (χ0) is 13.7. The van der Waals surface area contributed by atoms with Crippen LogP contribution in [0.4, 0.5) is 0 Å². The minimum atomic E-state index is -0.168. The maximum Gasteiger partial charge on any atom is 0.274 e. The predicted molar refractivity (Wildman–Crippen MR) is 70.8 cm³/mol. The summed E-state index contributed by atoms with van der Waals surface area (Å²) in [4.78, 5) is 13.7. The van der Waals surface area contributed by atoms with Crippen LogP contribution in [0.3, 0.4) is 0 Å². The maximum absolute atomic E-state index is 12.1. The van der Waals surface area contributed by atoms with Gasteiger partial charge in [-0.05, 0) is 11.6 Å². The first-order chi connectivity index (χ1) is 9.20. The molecule has 0 spiro atoms. The molecule has 0 bridgehead atoms. The highest BCUT2D eigenvalue weighted by molar-refractivity contribution is 5.91. The molecule has 2 aromatic rings. The zero-order valence-corrected chi connectivity index (χ0v) is 10.9. The number of aromatic nitrogens is 2. The second-order valence-electron chi connectivity index (χ2n) is 4.11. The Morgan fingerprint density at radius 2 is 1.89 bits per heavy atom. The molecule has 5 heteroatoms. The van der Waals surface area contributed by atoms with Gasteiger partial charge in [0, 0.05) is 19.7 Å². The van der Waals surface area contributed by atoms with Gasteiger partial charge in [0.1, 0.15) is 0 Å². The number of carbonyl (C=O) groups is 1. The second-order valence-corrected chi connectivity index (χ2v) is 4.11. The molecule has 0 N–H and O–H groups in total. The van der Waals surface area contributed by atoms with Crippen LogP contribution in [-0.4, -0.2) is 35.2 Å². The lowest BCUT2D eigenvalue weighted by atomic mass is 10.2. The van der Waals surface area contributed by atoms with Crippen molar-refractivity contribution >= 4 is 5.91 Å². The first kappa shape index (κ1) is 13.0. The molecule has 0 aliphatic rings. The van der Waals surface area contributed by atoms with Crippen LogP contribution in [0, 0.1) is 0 Å². The lowest BCUT2D eigenvalue weighted by Crippen LogP contribution is -2.27. The van der Waals surface area contributed by atoms with Crippen molar-refractivity contribution in [2.45, 2.75) is 6.54 Å². The van der Waals surface area contributed by atoms with Crippen molar-refractivity contribution in [1.29, 1.82) is 0 Å². The highest BCUT2D eigenvalue weighted by Crippen LogP contribution is 2.08. The van der Waals surface area contributed by atoms with Gasteiger partial charge >= 0.3 is 0 Å². The molecule has 2 rings (SSSR count). The molecule has 0 radical (unpaired) electrons. The Kier molecular flexibility index (Phi) is 4.07. The summed E-state index contributed by atoms with van der Waals surface area (Å²) >= 11 is 0. The van der Waals surface area contributed by atoms with Crippen LogP contribution < -0.4 is 4.74 Å². The van der Waals surface area contributed by atoms with Crippen LogP contribution in [0.15, 0.2) is 42.5 Å². The van der Waals surface area contributed by atoms with Crippen molar-refractivity contribution in [2.24, 2.45) is 0 Å². The Hall–Kier alpha value is -2.43. The Morgan fingerprint density at radius 3 is 2.47 bits per heavy atom. The topological polar surface area (TPSA) is 55.3 Å². The fourth-order valence-corrected chi connectivity index (χ4v) is 1.67. The molecule has 5 nitrogen and oxygen atoms in total. The summed E-state index contributed by atoms with van der Waals surface area (Å²) < 4.78 is 4.91. The standard InChI is InChI=1S/C14H15N3O2/c1-17(10-11-6-4-3-5-7-11)14(18)12-8-9-13(19-2)16-15-12/h3-9H,10H2,1-2H3. The fraction of sp³-hybridized carbons (Fsp3) is 0.214. The summed E-state index contributed by atoms with van der Waals surface area (Å²) in [5.41, 5.74) is 1.37. The van der Waals surface area contributed by atoms with E-state index in [1.807, 2.05) is 30.3 Å². The molecule has 0 unspecified atom stereocenters. The number of ether oxygens (including phenoxy) is 1. The van der Waals surface area contributed by atoms with Crippen LogP contribution in [0.2, 0.25) is 0 Å². The van der Waals surface area contributed by atoms with Gasteiger partial charge in [-0.25, -0.2) is 0 Å². The largest absolute Gasteiger partial charge is 0.480 e. The molecule has 0 aliphatic carbocycles. The quantitative estimate of drug-likeness (QED) is 0.837. The number of amides is 1. The molecule has 0 saturated heterocycles. The van der Waals surface area contributed by atoms with Gasteiger partial charge in [-0.3, -0.25) is 4.79 Å². The summed E-state index contributed by atoms with van der Waals surface area (Å²) in [5, 5.41) is 7.63. The number of carbonyl (C=O) groups excluding carboxylic acids is 1. The van der Waals surface area contributed by atoms with Gasteiger partial charge in [0.05, 0.1) is 7.11 Å². The van der Waals surface area contributed by atoms with Crippen molar-refractivity contribution < 1.29 is 9.53 Å². The van der Waals surface area contributed by atoms with Crippen molar-refractivity contribution in [2.75, 3.05) is 14.2 Å². The first-order valence-corrected chi connectivity index (χ1v) is 5.88. The van der Waals surface area contributed by atoms with Crippen molar-refractivity contribution in [3.8, 4) is 5.88 Å². The van der Waals surface area contributed by atoms with E-state index in [0.29, 0.717) is 18.1 Å². The third-order valence-electron chi connectivity index (χ3n) is 2.68. The Labute approximate surface area is 111 Å². The van der Waals surface area contributed by atoms with Crippen molar-refractivity contribution in [3.05, 3.63) is 53.7 Å². The summed E-state index contributed by atoms with van der Waals surface area (Å²) in [5.74, 6) is 0.223. The fourth-order valence-electron chi connectivity index (χ4n) is 1.67. The molecule has 1 aromatic heterocycles. The van der Waals surface area contributed by atoms with E-state index in [1.165, 1.54) is 7.11 Å². The van der Waals surface area contributed by atoms with E-state index >= 15 is 0 Å². The lowest BCUT2D eigenvalue weighted by molar-refractivity contribution is 0.0778. The minimum Gasteiger partial charge on any atom is -0.480 e. The second kappa shape index (κ2) is 5.95. The Morgan fingerprint density at radius 1 is 1.16 bits per heavy atom. The third kappa shape index (κ3) is 3.28. The zero-order valence-electron chi connectivity index (χ0n) is 10.9. The molecular formula is C14H15N3O2. The summed E-state index contributed by atoms with van der Waals surface area (Å²) in [6, 6.07) is 13.0. The monoisotopic (exact) mass is 257 g/mol.